The Morgan fingerprint density at radius 1 is 1.50 bits per heavy atom. The summed E-state index contributed by atoms with van der Waals surface area (Å²) in [5.74, 6) is 1.03. The molecular weight excluding hydrogens is 218 g/mol. The molecule has 3 nitrogen and oxygen atoms in total. The van der Waals surface area contributed by atoms with Gasteiger partial charge in [0.2, 0.25) is 0 Å². The lowest BCUT2D eigenvalue weighted by Crippen LogP contribution is -2.33. The molecule has 0 fully saturated rings. The van der Waals surface area contributed by atoms with Crippen molar-refractivity contribution >= 4 is 11.8 Å². The van der Waals surface area contributed by atoms with E-state index in [2.05, 4.69) is 11.1 Å². The number of nitriles is 1. The highest BCUT2D eigenvalue weighted by Crippen LogP contribution is 2.17. The van der Waals surface area contributed by atoms with Gasteiger partial charge in [0.25, 0.3) is 0 Å². The van der Waals surface area contributed by atoms with Gasteiger partial charge in [-0.3, -0.25) is 0 Å². The van der Waals surface area contributed by atoms with E-state index >= 15 is 0 Å². The molecule has 0 saturated heterocycles. The second-order valence-electron chi connectivity index (χ2n) is 4.00. The van der Waals surface area contributed by atoms with Crippen molar-refractivity contribution in [2.75, 3.05) is 5.75 Å². The van der Waals surface area contributed by atoms with Crippen LogP contribution in [0.2, 0.25) is 0 Å². The summed E-state index contributed by atoms with van der Waals surface area (Å²) in [7, 11) is 0. The van der Waals surface area contributed by atoms with E-state index in [1.54, 1.807) is 24.9 Å². The second kappa shape index (κ2) is 6.51. The first-order valence-electron chi connectivity index (χ1n) is 5.38. The average Bonchev–Trinajstić information content (AvgIpc) is 2.30. The monoisotopic (exact) mass is 235 g/mol. The standard InChI is InChI=1S/C12H17N3S/c1-12(14,10-13)7-3-5-9-16-11-6-2-4-8-15-11/h2,4,6,8H,3,5,7,9,14H2,1H3. The third-order valence-corrected chi connectivity index (χ3v) is 3.26. The van der Waals surface area contributed by atoms with E-state index < -0.39 is 5.54 Å². The van der Waals surface area contributed by atoms with E-state index in [1.165, 1.54) is 0 Å². The van der Waals surface area contributed by atoms with E-state index in [0.29, 0.717) is 0 Å². The molecule has 0 amide bonds. The van der Waals surface area contributed by atoms with Gasteiger partial charge in [-0.25, -0.2) is 4.98 Å². The number of nitrogens with zero attached hydrogens (tertiary/aromatic N) is 2. The number of thioether (sulfide) groups is 1. The molecule has 0 bridgehead atoms. The molecule has 1 rings (SSSR count). The molecule has 1 unspecified atom stereocenters. The van der Waals surface area contributed by atoms with Crippen molar-refractivity contribution in [1.29, 1.82) is 5.26 Å². The predicted octanol–water partition coefficient (Wildman–Crippen LogP) is 2.58. The number of unbranched alkanes of at least 4 members (excludes halogenated alkanes) is 1. The number of hydrogen-bond donors (Lipinski definition) is 1. The smallest absolute Gasteiger partial charge is 0.101 e. The van der Waals surface area contributed by atoms with Crippen LogP contribution in [0, 0.1) is 11.3 Å². The van der Waals surface area contributed by atoms with Crippen molar-refractivity contribution in [2.45, 2.75) is 36.8 Å². The Bertz CT molecular complexity index is 343. The fraction of sp³-hybridized carbons (Fsp3) is 0.500. The Morgan fingerprint density at radius 2 is 2.31 bits per heavy atom. The van der Waals surface area contributed by atoms with Crippen molar-refractivity contribution < 1.29 is 0 Å². The Morgan fingerprint density at radius 3 is 2.94 bits per heavy atom. The first kappa shape index (κ1) is 13.0. The van der Waals surface area contributed by atoms with Gasteiger partial charge in [-0.2, -0.15) is 5.26 Å². The quantitative estimate of drug-likeness (QED) is 0.608. The summed E-state index contributed by atoms with van der Waals surface area (Å²) in [6.07, 6.45) is 4.61. The molecule has 1 atom stereocenters. The van der Waals surface area contributed by atoms with E-state index in [-0.39, 0.29) is 0 Å². The summed E-state index contributed by atoms with van der Waals surface area (Å²) in [5.41, 5.74) is 5.06. The highest BCUT2D eigenvalue weighted by atomic mass is 32.2. The summed E-state index contributed by atoms with van der Waals surface area (Å²) in [5, 5.41) is 9.79. The molecule has 1 heterocycles. The van der Waals surface area contributed by atoms with Gasteiger partial charge in [-0.15, -0.1) is 11.8 Å². The van der Waals surface area contributed by atoms with Crippen LogP contribution in [0.3, 0.4) is 0 Å². The molecule has 86 valence electrons. The van der Waals surface area contributed by atoms with E-state index in [4.69, 9.17) is 11.0 Å². The Kier molecular flexibility index (Phi) is 5.30. The van der Waals surface area contributed by atoms with E-state index in [9.17, 15) is 0 Å². The normalized spacial score (nSPS) is 14.1. The van der Waals surface area contributed by atoms with Gasteiger partial charge in [0.05, 0.1) is 11.1 Å². The van der Waals surface area contributed by atoms with Crippen LogP contribution >= 0.6 is 11.8 Å². The van der Waals surface area contributed by atoms with Crippen LogP contribution in [0.1, 0.15) is 26.2 Å². The molecule has 2 N–H and O–H groups in total. The number of rotatable bonds is 6. The van der Waals surface area contributed by atoms with Gasteiger partial charge in [-0.05, 0) is 44.1 Å². The largest absolute Gasteiger partial charge is 0.314 e. The Labute approximate surface area is 101 Å². The summed E-state index contributed by atoms with van der Waals surface area (Å²) in [6, 6.07) is 8.02. The molecule has 0 aliphatic heterocycles. The van der Waals surface area contributed by atoms with Crippen molar-refractivity contribution in [1.82, 2.24) is 4.98 Å². The third kappa shape index (κ3) is 5.15. The molecule has 0 aromatic carbocycles. The fourth-order valence-electron chi connectivity index (χ4n) is 1.26. The van der Waals surface area contributed by atoms with Gasteiger partial charge in [0.1, 0.15) is 5.54 Å². The minimum absolute atomic E-state index is 0.671. The molecule has 0 saturated carbocycles. The molecule has 4 heteroatoms. The third-order valence-electron chi connectivity index (χ3n) is 2.23. The topological polar surface area (TPSA) is 62.7 Å². The lowest BCUT2D eigenvalue weighted by molar-refractivity contribution is 0.519. The van der Waals surface area contributed by atoms with Crippen molar-refractivity contribution in [3.8, 4) is 6.07 Å². The minimum Gasteiger partial charge on any atom is -0.314 e. The lowest BCUT2D eigenvalue weighted by Gasteiger charge is -2.14. The van der Waals surface area contributed by atoms with Gasteiger partial charge < -0.3 is 5.73 Å². The molecule has 1 aromatic rings. The van der Waals surface area contributed by atoms with Crippen molar-refractivity contribution in [2.24, 2.45) is 5.73 Å². The van der Waals surface area contributed by atoms with E-state index in [1.807, 2.05) is 18.2 Å². The zero-order chi connectivity index (χ0) is 11.9. The maximum absolute atomic E-state index is 8.74. The fourth-order valence-corrected chi connectivity index (χ4v) is 2.13. The molecule has 1 aromatic heterocycles. The summed E-state index contributed by atoms with van der Waals surface area (Å²) in [6.45, 7) is 1.78. The average molecular weight is 235 g/mol. The number of aromatic nitrogens is 1. The Hall–Kier alpha value is -1.05. The lowest BCUT2D eigenvalue weighted by atomic mass is 9.99. The maximum Gasteiger partial charge on any atom is 0.101 e. The molecule has 0 aliphatic rings. The van der Waals surface area contributed by atoms with E-state index in [0.717, 1.165) is 30.0 Å². The van der Waals surface area contributed by atoms with Gasteiger partial charge >= 0.3 is 0 Å². The highest BCUT2D eigenvalue weighted by molar-refractivity contribution is 7.99. The minimum atomic E-state index is -0.671. The van der Waals surface area contributed by atoms with Crippen LogP contribution in [0.5, 0.6) is 0 Å². The van der Waals surface area contributed by atoms with Crippen LogP contribution < -0.4 is 5.73 Å². The molecular formula is C12H17N3S. The zero-order valence-electron chi connectivity index (χ0n) is 9.52. The number of pyridine rings is 1. The molecule has 0 radical (unpaired) electrons. The molecule has 16 heavy (non-hydrogen) atoms. The van der Waals surface area contributed by atoms with Gasteiger partial charge in [-0.1, -0.05) is 6.07 Å². The van der Waals surface area contributed by atoms with Gasteiger partial charge in [0, 0.05) is 6.20 Å². The van der Waals surface area contributed by atoms with Crippen LogP contribution in [-0.4, -0.2) is 16.3 Å². The summed E-state index contributed by atoms with van der Waals surface area (Å²) < 4.78 is 0. The highest BCUT2D eigenvalue weighted by Gasteiger charge is 2.15. The van der Waals surface area contributed by atoms with Crippen molar-refractivity contribution in [3.05, 3.63) is 24.4 Å². The SMILES string of the molecule is CC(N)(C#N)CCCCSc1ccccn1. The van der Waals surface area contributed by atoms with Crippen LogP contribution in [0.4, 0.5) is 0 Å². The van der Waals surface area contributed by atoms with Crippen LogP contribution in [0.25, 0.3) is 0 Å². The van der Waals surface area contributed by atoms with Crippen LogP contribution in [0.15, 0.2) is 29.4 Å². The zero-order valence-corrected chi connectivity index (χ0v) is 10.3. The first-order valence-corrected chi connectivity index (χ1v) is 6.36. The van der Waals surface area contributed by atoms with Gasteiger partial charge in [0.15, 0.2) is 0 Å². The van der Waals surface area contributed by atoms with Crippen LogP contribution in [-0.2, 0) is 0 Å². The molecule has 0 spiro atoms. The Balaban J connectivity index is 2.12. The second-order valence-corrected chi connectivity index (χ2v) is 5.12. The summed E-state index contributed by atoms with van der Waals surface area (Å²) in [4.78, 5) is 4.23. The number of hydrogen-bond acceptors (Lipinski definition) is 4. The first-order chi connectivity index (χ1) is 7.64. The predicted molar refractivity (Wildman–Crippen MR) is 67.0 cm³/mol. The summed E-state index contributed by atoms with van der Waals surface area (Å²) >= 11 is 1.74. The van der Waals surface area contributed by atoms with Crippen molar-refractivity contribution in [3.63, 3.8) is 0 Å². The molecule has 0 aliphatic carbocycles. The maximum atomic E-state index is 8.74. The number of nitrogens with two attached hydrogens (primary N) is 1.